The van der Waals surface area contributed by atoms with E-state index in [0.717, 1.165) is 25.9 Å². The zero-order chi connectivity index (χ0) is 15.4. The number of nitrogen functional groups attached to an aromatic ring is 1. The number of hydrogen-bond acceptors (Lipinski definition) is 7. The molecular weight excluding hydrogens is 276 g/mol. The molecule has 9 nitrogen and oxygen atoms in total. The lowest BCUT2D eigenvalue weighted by Crippen LogP contribution is -2.43. The summed E-state index contributed by atoms with van der Waals surface area (Å²) < 4.78 is 0. The summed E-state index contributed by atoms with van der Waals surface area (Å²) in [7, 11) is 0. The molecule has 1 aliphatic heterocycles. The summed E-state index contributed by atoms with van der Waals surface area (Å²) in [5.74, 6) is 0.0915. The van der Waals surface area contributed by atoms with Gasteiger partial charge in [-0.1, -0.05) is 0 Å². The molecule has 0 saturated carbocycles. The van der Waals surface area contributed by atoms with Crippen LogP contribution in [-0.2, 0) is 4.79 Å². The van der Waals surface area contributed by atoms with Crippen molar-refractivity contribution in [2.45, 2.75) is 18.9 Å². The lowest BCUT2D eigenvalue weighted by atomic mass is 10.1. The van der Waals surface area contributed by atoms with Gasteiger partial charge in [-0.05, 0) is 18.9 Å². The summed E-state index contributed by atoms with van der Waals surface area (Å²) >= 11 is 0. The second kappa shape index (κ2) is 6.35. The molecule has 2 rings (SSSR count). The predicted octanol–water partition coefficient (Wildman–Crippen LogP) is -0.0664. The number of pyridine rings is 1. The first-order valence-electron chi connectivity index (χ1n) is 6.64. The van der Waals surface area contributed by atoms with Gasteiger partial charge in [0.15, 0.2) is 0 Å². The van der Waals surface area contributed by atoms with Crippen molar-refractivity contribution in [1.82, 2.24) is 9.88 Å². The Balaban J connectivity index is 1.90. The number of aromatic nitrogens is 1. The normalized spacial score (nSPS) is 16.6. The second-order valence-corrected chi connectivity index (χ2v) is 5.02. The third-order valence-electron chi connectivity index (χ3n) is 3.42. The van der Waals surface area contributed by atoms with Crippen molar-refractivity contribution in [1.29, 1.82) is 0 Å². The number of carbonyl (C=O) groups excluding carboxylic acids is 1. The molecule has 21 heavy (non-hydrogen) atoms. The van der Waals surface area contributed by atoms with Gasteiger partial charge < -0.3 is 16.8 Å². The Labute approximate surface area is 121 Å². The SMILES string of the molecule is NC(=O)CN1CCC(Nc2ccc([N+](=O)[O-])c(N)n2)CC1. The van der Waals surface area contributed by atoms with Gasteiger partial charge in [0.1, 0.15) is 5.82 Å². The molecule has 1 amide bonds. The molecule has 1 aromatic heterocycles. The van der Waals surface area contributed by atoms with Crippen LogP contribution in [0.25, 0.3) is 0 Å². The largest absolute Gasteiger partial charge is 0.378 e. The van der Waals surface area contributed by atoms with Crippen molar-refractivity contribution in [2.75, 3.05) is 30.7 Å². The van der Waals surface area contributed by atoms with Crippen LogP contribution in [0.15, 0.2) is 12.1 Å². The highest BCUT2D eigenvalue weighted by atomic mass is 16.6. The Morgan fingerprint density at radius 2 is 2.14 bits per heavy atom. The molecule has 1 saturated heterocycles. The maximum atomic E-state index is 10.9. The Morgan fingerprint density at radius 3 is 2.67 bits per heavy atom. The van der Waals surface area contributed by atoms with E-state index in [1.54, 1.807) is 6.07 Å². The monoisotopic (exact) mass is 294 g/mol. The third-order valence-corrected chi connectivity index (χ3v) is 3.42. The molecule has 2 heterocycles. The number of primary amides is 1. The van der Waals surface area contributed by atoms with Gasteiger partial charge in [0, 0.05) is 25.2 Å². The lowest BCUT2D eigenvalue weighted by molar-refractivity contribution is -0.384. The third kappa shape index (κ3) is 4.02. The Kier molecular flexibility index (Phi) is 4.53. The van der Waals surface area contributed by atoms with Crippen LogP contribution in [0.3, 0.4) is 0 Å². The first kappa shape index (κ1) is 15.0. The predicted molar refractivity (Wildman–Crippen MR) is 77.6 cm³/mol. The summed E-state index contributed by atoms with van der Waals surface area (Å²) in [6.45, 7) is 1.81. The van der Waals surface area contributed by atoms with Crippen molar-refractivity contribution in [3.8, 4) is 0 Å². The molecule has 0 radical (unpaired) electrons. The van der Waals surface area contributed by atoms with Gasteiger partial charge in [-0.25, -0.2) is 4.98 Å². The highest BCUT2D eigenvalue weighted by molar-refractivity contribution is 5.75. The quantitative estimate of drug-likeness (QED) is 0.510. The van der Waals surface area contributed by atoms with Crippen LogP contribution in [0, 0.1) is 10.1 Å². The minimum atomic E-state index is -0.561. The molecule has 1 aromatic rings. The summed E-state index contributed by atoms with van der Waals surface area (Å²) in [5.41, 5.74) is 10.5. The number of nitrogens with two attached hydrogens (primary N) is 2. The molecule has 0 bridgehead atoms. The molecule has 0 atom stereocenters. The van der Waals surface area contributed by atoms with Gasteiger partial charge in [-0.15, -0.1) is 0 Å². The molecule has 0 spiro atoms. The zero-order valence-electron chi connectivity index (χ0n) is 11.5. The topological polar surface area (TPSA) is 140 Å². The maximum Gasteiger partial charge on any atom is 0.311 e. The Bertz CT molecular complexity index is 542. The van der Waals surface area contributed by atoms with E-state index in [9.17, 15) is 14.9 Å². The van der Waals surface area contributed by atoms with Crippen molar-refractivity contribution >= 4 is 23.2 Å². The second-order valence-electron chi connectivity index (χ2n) is 5.02. The Morgan fingerprint density at radius 1 is 1.48 bits per heavy atom. The number of nitrogens with one attached hydrogen (secondary N) is 1. The molecule has 114 valence electrons. The van der Waals surface area contributed by atoms with E-state index in [1.807, 2.05) is 4.90 Å². The smallest absolute Gasteiger partial charge is 0.311 e. The number of rotatable bonds is 5. The Hall–Kier alpha value is -2.42. The average molecular weight is 294 g/mol. The van der Waals surface area contributed by atoms with Gasteiger partial charge in [-0.3, -0.25) is 19.8 Å². The van der Waals surface area contributed by atoms with Crippen LogP contribution in [-0.4, -0.2) is 46.4 Å². The zero-order valence-corrected chi connectivity index (χ0v) is 11.5. The number of likely N-dealkylation sites (tertiary alicyclic amines) is 1. The van der Waals surface area contributed by atoms with Gasteiger partial charge >= 0.3 is 5.69 Å². The first-order chi connectivity index (χ1) is 9.95. The van der Waals surface area contributed by atoms with Crippen LogP contribution >= 0.6 is 0 Å². The number of carbonyl (C=O) groups is 1. The number of nitrogens with zero attached hydrogens (tertiary/aromatic N) is 3. The van der Waals surface area contributed by atoms with Crippen molar-refractivity contribution in [2.24, 2.45) is 5.73 Å². The number of nitro groups is 1. The van der Waals surface area contributed by atoms with Gasteiger partial charge in [0.25, 0.3) is 0 Å². The molecular formula is C12H18N6O3. The van der Waals surface area contributed by atoms with Gasteiger partial charge in [-0.2, -0.15) is 0 Å². The fourth-order valence-corrected chi connectivity index (χ4v) is 2.37. The van der Waals surface area contributed by atoms with Crippen molar-refractivity contribution in [3.63, 3.8) is 0 Å². The van der Waals surface area contributed by atoms with Gasteiger partial charge in [0.2, 0.25) is 11.7 Å². The molecule has 0 unspecified atom stereocenters. The van der Waals surface area contributed by atoms with Crippen molar-refractivity contribution < 1.29 is 9.72 Å². The fourth-order valence-electron chi connectivity index (χ4n) is 2.37. The van der Waals surface area contributed by atoms with E-state index in [4.69, 9.17) is 11.5 Å². The van der Waals surface area contributed by atoms with Crippen molar-refractivity contribution in [3.05, 3.63) is 22.2 Å². The highest BCUT2D eigenvalue weighted by Gasteiger charge is 2.21. The lowest BCUT2D eigenvalue weighted by Gasteiger charge is -2.31. The van der Waals surface area contributed by atoms with Crippen LogP contribution in [0.1, 0.15) is 12.8 Å². The van der Waals surface area contributed by atoms with E-state index in [0.29, 0.717) is 5.82 Å². The summed E-state index contributed by atoms with van der Waals surface area (Å²) in [6, 6.07) is 3.08. The summed E-state index contributed by atoms with van der Waals surface area (Å²) in [6.07, 6.45) is 1.68. The molecule has 9 heteroatoms. The van der Waals surface area contributed by atoms with E-state index >= 15 is 0 Å². The molecule has 0 aliphatic carbocycles. The van der Waals surface area contributed by atoms with Crippen LogP contribution < -0.4 is 16.8 Å². The van der Waals surface area contributed by atoms with E-state index < -0.39 is 4.92 Å². The van der Waals surface area contributed by atoms with E-state index in [2.05, 4.69) is 10.3 Å². The first-order valence-corrected chi connectivity index (χ1v) is 6.64. The molecule has 0 aromatic carbocycles. The summed E-state index contributed by atoms with van der Waals surface area (Å²) in [4.78, 5) is 26.9. The molecule has 1 fully saturated rings. The van der Waals surface area contributed by atoms with Gasteiger partial charge in [0.05, 0.1) is 11.5 Å². The van der Waals surface area contributed by atoms with Crippen LogP contribution in [0.5, 0.6) is 0 Å². The fraction of sp³-hybridized carbons (Fsp3) is 0.500. The van der Waals surface area contributed by atoms with E-state index in [-0.39, 0.29) is 30.0 Å². The standard InChI is InChI=1S/C12H18N6O3/c13-10(19)7-17-5-3-8(4-6-17)15-11-2-1-9(18(20)21)12(14)16-11/h1-2,8H,3-7H2,(H2,13,19)(H3,14,15,16). The molecule has 5 N–H and O–H groups in total. The number of hydrogen-bond donors (Lipinski definition) is 3. The highest BCUT2D eigenvalue weighted by Crippen LogP contribution is 2.22. The number of piperidine rings is 1. The molecule has 1 aliphatic rings. The summed E-state index contributed by atoms with van der Waals surface area (Å²) in [5, 5.41) is 13.9. The maximum absolute atomic E-state index is 10.9. The van der Waals surface area contributed by atoms with Crippen LogP contribution in [0.4, 0.5) is 17.3 Å². The minimum Gasteiger partial charge on any atom is -0.378 e. The average Bonchev–Trinajstić information content (AvgIpc) is 2.40. The number of amides is 1. The van der Waals surface area contributed by atoms with E-state index in [1.165, 1.54) is 6.07 Å². The van der Waals surface area contributed by atoms with Crippen LogP contribution in [0.2, 0.25) is 0 Å². The minimum absolute atomic E-state index is 0.101. The number of anilines is 2.